The molecule has 0 aromatic heterocycles. The molecule has 1 N–H and O–H groups in total. The van der Waals surface area contributed by atoms with Crippen LogP contribution < -0.4 is 15.0 Å². The lowest BCUT2D eigenvalue weighted by atomic mass is 10.2. The van der Waals surface area contributed by atoms with Crippen molar-refractivity contribution in [2.75, 3.05) is 37.7 Å². The number of hydrogen-bond donors (Lipinski definition) is 1. The number of anilines is 1. The van der Waals surface area contributed by atoms with Gasteiger partial charge in [0.05, 0.1) is 13.0 Å². The number of halogens is 3. The quantitative estimate of drug-likeness (QED) is 0.922. The second-order valence-corrected chi connectivity index (χ2v) is 4.80. The Bertz CT molecular complexity index is 398. The van der Waals surface area contributed by atoms with Crippen LogP contribution in [0, 0.1) is 0 Å². The average molecular weight is 288 g/mol. The zero-order chi connectivity index (χ0) is 14.4. The molecule has 1 fully saturated rings. The molecule has 20 heavy (non-hydrogen) atoms. The van der Waals surface area contributed by atoms with Crippen molar-refractivity contribution in [2.24, 2.45) is 0 Å². The summed E-state index contributed by atoms with van der Waals surface area (Å²) in [4.78, 5) is 2.26. The molecule has 2 rings (SSSR count). The van der Waals surface area contributed by atoms with Crippen LogP contribution in [-0.2, 0) is 0 Å². The monoisotopic (exact) mass is 288 g/mol. The van der Waals surface area contributed by atoms with Gasteiger partial charge in [-0.1, -0.05) is 0 Å². The maximum Gasteiger partial charge on any atom is 0.392 e. The van der Waals surface area contributed by atoms with E-state index in [0.717, 1.165) is 38.3 Å². The van der Waals surface area contributed by atoms with Gasteiger partial charge < -0.3 is 15.0 Å². The minimum atomic E-state index is -4.17. The number of hydrogen-bond acceptors (Lipinski definition) is 3. The molecule has 3 nitrogen and oxygen atoms in total. The first-order valence-electron chi connectivity index (χ1n) is 6.80. The number of nitrogens with zero attached hydrogens (tertiary/aromatic N) is 1. The Morgan fingerprint density at radius 3 is 2.55 bits per heavy atom. The van der Waals surface area contributed by atoms with Crippen LogP contribution >= 0.6 is 0 Å². The Kier molecular flexibility index (Phi) is 5.11. The lowest BCUT2D eigenvalue weighted by Crippen LogP contribution is -2.27. The van der Waals surface area contributed by atoms with Gasteiger partial charge in [0.1, 0.15) is 5.75 Å². The largest absolute Gasteiger partial charge is 0.493 e. The highest BCUT2D eigenvalue weighted by Crippen LogP contribution is 2.22. The van der Waals surface area contributed by atoms with Gasteiger partial charge in [0, 0.05) is 25.3 Å². The zero-order valence-electron chi connectivity index (χ0n) is 11.2. The van der Waals surface area contributed by atoms with E-state index in [-0.39, 0.29) is 6.61 Å². The second-order valence-electron chi connectivity index (χ2n) is 4.80. The third-order valence-electron chi connectivity index (χ3n) is 3.20. The summed E-state index contributed by atoms with van der Waals surface area (Å²) in [6.45, 7) is 3.56. The van der Waals surface area contributed by atoms with Gasteiger partial charge in [0.25, 0.3) is 0 Å². The smallest absolute Gasteiger partial charge is 0.392 e. The molecule has 112 valence electrons. The molecule has 0 atom stereocenters. The van der Waals surface area contributed by atoms with Crippen LogP contribution in [0.15, 0.2) is 24.3 Å². The second kappa shape index (κ2) is 6.83. The van der Waals surface area contributed by atoms with Crippen molar-refractivity contribution in [1.29, 1.82) is 0 Å². The summed E-state index contributed by atoms with van der Waals surface area (Å²) in [6, 6.07) is 7.25. The van der Waals surface area contributed by atoms with Gasteiger partial charge in [-0.3, -0.25) is 0 Å². The Balaban J connectivity index is 1.85. The van der Waals surface area contributed by atoms with E-state index in [0.29, 0.717) is 5.75 Å². The van der Waals surface area contributed by atoms with E-state index in [2.05, 4.69) is 10.2 Å². The molecule has 1 aromatic rings. The van der Waals surface area contributed by atoms with E-state index in [9.17, 15) is 13.2 Å². The van der Waals surface area contributed by atoms with Crippen molar-refractivity contribution in [2.45, 2.75) is 19.0 Å². The fraction of sp³-hybridized carbons (Fsp3) is 0.571. The molecule has 0 unspecified atom stereocenters. The van der Waals surface area contributed by atoms with E-state index < -0.39 is 12.6 Å². The summed E-state index contributed by atoms with van der Waals surface area (Å²) in [6.07, 6.45) is -4.00. The predicted octanol–water partition coefficient (Wildman–Crippen LogP) is 2.82. The highest BCUT2D eigenvalue weighted by atomic mass is 19.4. The van der Waals surface area contributed by atoms with Gasteiger partial charge in [0.15, 0.2) is 0 Å². The summed E-state index contributed by atoms with van der Waals surface area (Å²) < 4.78 is 41.1. The summed E-state index contributed by atoms with van der Waals surface area (Å²) in [5, 5.41) is 3.33. The maximum absolute atomic E-state index is 12.0. The molecule has 1 saturated heterocycles. The number of nitrogens with one attached hydrogen (secondary N) is 1. The summed E-state index contributed by atoms with van der Waals surface area (Å²) in [7, 11) is 0. The van der Waals surface area contributed by atoms with E-state index in [1.807, 2.05) is 12.1 Å². The van der Waals surface area contributed by atoms with Crippen LogP contribution in [0.3, 0.4) is 0 Å². The van der Waals surface area contributed by atoms with Crippen molar-refractivity contribution in [3.63, 3.8) is 0 Å². The van der Waals surface area contributed by atoms with Crippen LogP contribution in [0.25, 0.3) is 0 Å². The molecule has 0 aliphatic carbocycles. The molecular weight excluding hydrogens is 269 g/mol. The van der Waals surface area contributed by atoms with Crippen LogP contribution in [0.1, 0.15) is 12.8 Å². The Morgan fingerprint density at radius 2 is 1.85 bits per heavy atom. The van der Waals surface area contributed by atoms with Gasteiger partial charge >= 0.3 is 6.18 Å². The SMILES string of the molecule is FC(F)(F)CCOc1ccc(N2CCCNCC2)cc1. The molecular formula is C14H19F3N2O. The zero-order valence-corrected chi connectivity index (χ0v) is 11.2. The molecule has 1 aliphatic rings. The van der Waals surface area contributed by atoms with E-state index in [1.54, 1.807) is 12.1 Å². The maximum atomic E-state index is 12.0. The topological polar surface area (TPSA) is 24.5 Å². The molecule has 1 heterocycles. The molecule has 1 aromatic carbocycles. The van der Waals surface area contributed by atoms with Crippen LogP contribution in [0.5, 0.6) is 5.75 Å². The van der Waals surface area contributed by atoms with E-state index in [1.165, 1.54) is 0 Å². The number of ether oxygens (including phenoxy) is 1. The first kappa shape index (κ1) is 15.0. The molecule has 0 saturated carbocycles. The fourth-order valence-electron chi connectivity index (χ4n) is 2.14. The van der Waals surface area contributed by atoms with Crippen LogP contribution in [0.2, 0.25) is 0 Å². The first-order chi connectivity index (χ1) is 9.54. The standard InChI is InChI=1S/C14H19F3N2O/c15-14(16,17)6-11-20-13-4-2-12(3-5-13)19-9-1-7-18-8-10-19/h2-5,18H,1,6-11H2. The third-order valence-corrected chi connectivity index (χ3v) is 3.20. The fourth-order valence-corrected chi connectivity index (χ4v) is 2.14. The third kappa shape index (κ3) is 4.92. The Labute approximate surface area is 116 Å². The van der Waals surface area contributed by atoms with Crippen molar-refractivity contribution >= 4 is 5.69 Å². The van der Waals surface area contributed by atoms with Crippen molar-refractivity contribution in [1.82, 2.24) is 5.32 Å². The molecule has 0 spiro atoms. The van der Waals surface area contributed by atoms with Crippen LogP contribution in [-0.4, -0.2) is 39.0 Å². The van der Waals surface area contributed by atoms with Crippen molar-refractivity contribution < 1.29 is 17.9 Å². The Hall–Kier alpha value is -1.43. The number of rotatable bonds is 4. The summed E-state index contributed by atoms with van der Waals surface area (Å²) in [5.41, 5.74) is 1.08. The molecule has 0 radical (unpaired) electrons. The van der Waals surface area contributed by atoms with Crippen molar-refractivity contribution in [3.05, 3.63) is 24.3 Å². The summed E-state index contributed by atoms with van der Waals surface area (Å²) >= 11 is 0. The molecule has 1 aliphatic heterocycles. The number of alkyl halides is 3. The van der Waals surface area contributed by atoms with Gasteiger partial charge in [-0.15, -0.1) is 0 Å². The molecule has 0 amide bonds. The average Bonchev–Trinajstić information content (AvgIpc) is 2.67. The minimum Gasteiger partial charge on any atom is -0.493 e. The van der Waals surface area contributed by atoms with Gasteiger partial charge in [-0.25, -0.2) is 0 Å². The predicted molar refractivity (Wildman–Crippen MR) is 72.3 cm³/mol. The first-order valence-corrected chi connectivity index (χ1v) is 6.80. The summed E-state index contributed by atoms with van der Waals surface area (Å²) in [5.74, 6) is 0.478. The highest BCUT2D eigenvalue weighted by Gasteiger charge is 2.26. The molecule has 0 bridgehead atoms. The highest BCUT2D eigenvalue weighted by molar-refractivity contribution is 5.49. The lowest BCUT2D eigenvalue weighted by molar-refractivity contribution is -0.139. The molecule has 6 heteroatoms. The van der Waals surface area contributed by atoms with Gasteiger partial charge in [-0.2, -0.15) is 13.2 Å². The van der Waals surface area contributed by atoms with Crippen LogP contribution in [0.4, 0.5) is 18.9 Å². The minimum absolute atomic E-state index is 0.337. The van der Waals surface area contributed by atoms with Gasteiger partial charge in [0.2, 0.25) is 0 Å². The van der Waals surface area contributed by atoms with Crippen molar-refractivity contribution in [3.8, 4) is 5.75 Å². The van der Waals surface area contributed by atoms with Gasteiger partial charge in [-0.05, 0) is 37.2 Å². The normalized spacial score (nSPS) is 16.9. The Morgan fingerprint density at radius 1 is 1.10 bits per heavy atom. The van der Waals surface area contributed by atoms with E-state index in [4.69, 9.17) is 4.74 Å². The number of benzene rings is 1. The van der Waals surface area contributed by atoms with E-state index >= 15 is 0 Å². The lowest BCUT2D eigenvalue weighted by Gasteiger charge is -2.22.